The molecular weight excluding hydrogens is 482 g/mol. The summed E-state index contributed by atoms with van der Waals surface area (Å²) >= 11 is 0. The molecule has 1 heterocycles. The van der Waals surface area contributed by atoms with Crippen LogP contribution in [0.4, 0.5) is 4.79 Å². The Bertz CT molecular complexity index is 1300. The number of benzene rings is 3. The first-order valence-corrected chi connectivity index (χ1v) is 12.8. The smallest absolute Gasteiger partial charge is 0.315 e. The minimum absolute atomic E-state index is 0.00630. The molecular formula is C30H33N3O5. The maximum Gasteiger partial charge on any atom is 0.315 e. The molecule has 0 radical (unpaired) electrons. The summed E-state index contributed by atoms with van der Waals surface area (Å²) < 4.78 is 19.6. The van der Waals surface area contributed by atoms with Crippen LogP contribution in [-0.2, 0) is 6.54 Å². The molecule has 0 bridgehead atoms. The van der Waals surface area contributed by atoms with Gasteiger partial charge in [0.25, 0.3) is 11.8 Å². The average Bonchev–Trinajstić information content (AvgIpc) is 3.20. The third-order valence-corrected chi connectivity index (χ3v) is 6.40. The van der Waals surface area contributed by atoms with Crippen LogP contribution in [0.25, 0.3) is 0 Å². The Morgan fingerprint density at radius 2 is 1.68 bits per heavy atom. The maximum atomic E-state index is 12.7. The molecule has 8 heteroatoms. The summed E-state index contributed by atoms with van der Waals surface area (Å²) in [5.74, 6) is -0.194. The van der Waals surface area contributed by atoms with Crippen molar-refractivity contribution in [1.82, 2.24) is 15.5 Å². The zero-order valence-corrected chi connectivity index (χ0v) is 21.7. The zero-order chi connectivity index (χ0) is 27.8. The fourth-order valence-electron chi connectivity index (χ4n) is 4.36. The third-order valence-electron chi connectivity index (χ3n) is 6.40. The molecule has 0 spiro atoms. The minimum Gasteiger partial charge on any atom is -0.493 e. The van der Waals surface area contributed by atoms with E-state index < -0.39 is 0 Å². The molecule has 1 aliphatic heterocycles. The molecule has 1 unspecified atom stereocenters. The lowest BCUT2D eigenvalue weighted by Gasteiger charge is -2.20. The number of imide groups is 1. The molecule has 0 saturated heterocycles. The van der Waals surface area contributed by atoms with Gasteiger partial charge in [-0.3, -0.25) is 14.5 Å². The number of nitrogens with one attached hydrogen (secondary N) is 2. The van der Waals surface area contributed by atoms with E-state index in [1.807, 2.05) is 30.3 Å². The quantitative estimate of drug-likeness (QED) is 0.326. The van der Waals surface area contributed by atoms with Crippen LogP contribution in [0.1, 0.15) is 65.4 Å². The summed E-state index contributed by atoms with van der Waals surface area (Å²) in [6.45, 7) is 2.36. The van der Waals surface area contributed by atoms with Crippen molar-refractivity contribution in [1.29, 1.82) is 0 Å². The molecule has 4 amide bonds. The van der Waals surface area contributed by atoms with Crippen molar-refractivity contribution in [2.75, 3.05) is 20.3 Å². The largest absolute Gasteiger partial charge is 0.493 e. The van der Waals surface area contributed by atoms with Crippen LogP contribution in [0, 0.1) is 0 Å². The summed E-state index contributed by atoms with van der Waals surface area (Å²) in [6.07, 6.45) is 2.87. The van der Waals surface area contributed by atoms with E-state index in [9.17, 15) is 14.4 Å². The summed E-state index contributed by atoms with van der Waals surface area (Å²) in [5.41, 5.74) is 2.48. The van der Waals surface area contributed by atoms with Crippen molar-refractivity contribution < 1.29 is 25.2 Å². The summed E-state index contributed by atoms with van der Waals surface area (Å²) in [6, 6.07) is 19.5. The number of ether oxygens (including phenoxy) is 2. The van der Waals surface area contributed by atoms with Crippen LogP contribution in [-0.4, -0.2) is 43.0 Å². The van der Waals surface area contributed by atoms with E-state index in [-0.39, 0.29) is 55.4 Å². The summed E-state index contributed by atoms with van der Waals surface area (Å²) in [5, 5.41) is 5.91. The number of rotatable bonds is 12. The Labute approximate surface area is 224 Å². The highest BCUT2D eigenvalue weighted by Gasteiger charge is 2.34. The minimum atomic E-state index is -0.360. The van der Waals surface area contributed by atoms with Crippen molar-refractivity contribution in [3.63, 3.8) is 0 Å². The van der Waals surface area contributed by atoms with Crippen LogP contribution in [0.5, 0.6) is 11.5 Å². The number of amides is 4. The number of hydrogen-bond donors (Lipinski definition) is 2. The number of carbonyl (C=O) groups excluding carboxylic acids is 3. The van der Waals surface area contributed by atoms with E-state index in [0.717, 1.165) is 29.7 Å². The second-order valence-corrected chi connectivity index (χ2v) is 8.99. The van der Waals surface area contributed by atoms with E-state index in [2.05, 4.69) is 17.6 Å². The topological polar surface area (TPSA) is 97.0 Å². The molecule has 8 nitrogen and oxygen atoms in total. The van der Waals surface area contributed by atoms with Gasteiger partial charge in [-0.05, 0) is 41.8 Å². The first kappa shape index (κ1) is 25.3. The van der Waals surface area contributed by atoms with Gasteiger partial charge in [0, 0.05) is 6.54 Å². The molecule has 3 aromatic rings. The highest BCUT2D eigenvalue weighted by Crippen LogP contribution is 2.29. The van der Waals surface area contributed by atoms with Gasteiger partial charge in [-0.25, -0.2) is 4.79 Å². The predicted molar refractivity (Wildman–Crippen MR) is 144 cm³/mol. The number of methoxy groups -OCH3 is 1. The normalized spacial score (nSPS) is 13.5. The van der Waals surface area contributed by atoms with Crippen molar-refractivity contribution in [3.05, 3.63) is 95.0 Å². The Hall–Kier alpha value is -4.33. The lowest BCUT2D eigenvalue weighted by atomic mass is 10.0. The summed E-state index contributed by atoms with van der Waals surface area (Å²) in [4.78, 5) is 38.9. The number of hydrogen-bond acceptors (Lipinski definition) is 5. The average molecular weight is 518 g/mol. The van der Waals surface area contributed by atoms with Gasteiger partial charge in [-0.2, -0.15) is 0 Å². The first-order chi connectivity index (χ1) is 18.9. The number of carbonyl (C=O) groups is 3. The highest BCUT2D eigenvalue weighted by molar-refractivity contribution is 6.21. The number of fused-ring (bicyclic) bond motifs is 1. The Morgan fingerprint density at radius 3 is 2.34 bits per heavy atom. The second kappa shape index (κ2) is 12.8. The van der Waals surface area contributed by atoms with Gasteiger partial charge in [0.05, 0.1) is 32.2 Å². The van der Waals surface area contributed by atoms with Crippen LogP contribution in [0.3, 0.4) is 0 Å². The van der Waals surface area contributed by atoms with Crippen molar-refractivity contribution in [3.8, 4) is 11.5 Å². The van der Waals surface area contributed by atoms with Gasteiger partial charge in [-0.1, -0.05) is 68.3 Å². The molecule has 38 heavy (non-hydrogen) atoms. The fraction of sp³-hybridized carbons (Fsp3) is 0.300. The van der Waals surface area contributed by atoms with Gasteiger partial charge in [-0.15, -0.1) is 0 Å². The molecule has 1 aliphatic rings. The van der Waals surface area contributed by atoms with Crippen LogP contribution < -0.4 is 20.1 Å². The van der Waals surface area contributed by atoms with Crippen molar-refractivity contribution >= 4 is 17.8 Å². The number of unbranched alkanes of at least 4 members (excludes halogenated alkanes) is 1. The van der Waals surface area contributed by atoms with Gasteiger partial charge in [0.15, 0.2) is 11.5 Å². The van der Waals surface area contributed by atoms with Crippen molar-refractivity contribution in [2.45, 2.75) is 38.8 Å². The molecule has 0 aliphatic carbocycles. The Kier molecular flexibility index (Phi) is 8.51. The predicted octanol–water partition coefficient (Wildman–Crippen LogP) is 5.10. The molecule has 0 fully saturated rings. The lowest BCUT2D eigenvalue weighted by Crippen LogP contribution is -2.37. The van der Waals surface area contributed by atoms with Gasteiger partial charge in [0.2, 0.25) is 0 Å². The highest BCUT2D eigenvalue weighted by atomic mass is 16.5. The van der Waals surface area contributed by atoms with Gasteiger partial charge >= 0.3 is 6.03 Å². The molecule has 4 rings (SSSR count). The Morgan fingerprint density at radius 1 is 1.00 bits per heavy atom. The summed E-state index contributed by atoms with van der Waals surface area (Å²) in [7, 11) is 1.47. The van der Waals surface area contributed by atoms with Crippen LogP contribution in [0.15, 0.2) is 72.8 Å². The van der Waals surface area contributed by atoms with E-state index in [1.54, 1.807) is 36.4 Å². The second-order valence-electron chi connectivity index (χ2n) is 8.99. The molecule has 3 aromatic carbocycles. The first-order valence-electron chi connectivity index (χ1n) is 13.3. The van der Waals surface area contributed by atoms with Crippen molar-refractivity contribution in [2.24, 2.45) is 0 Å². The number of nitrogens with zero attached hydrogens (tertiary/aromatic N) is 1. The molecule has 0 saturated carbocycles. The Balaban J connectivity index is 1.34. The lowest BCUT2D eigenvalue weighted by molar-refractivity contribution is 0.0630. The van der Waals surface area contributed by atoms with Gasteiger partial charge in [0.1, 0.15) is 6.61 Å². The van der Waals surface area contributed by atoms with E-state index >= 15 is 0 Å². The fourth-order valence-corrected chi connectivity index (χ4v) is 4.36. The molecule has 1 atom stereocenters. The van der Waals surface area contributed by atoms with E-state index in [1.165, 1.54) is 7.11 Å². The molecule has 198 valence electrons. The molecule has 0 aromatic heterocycles. The standard InChI is InChI=1S/C30H33N3O5/c1-3-4-14-25(22-10-6-5-7-11-22)32-30(36)31-20-21-15-16-26(27(19-21)37-2)38-18-17-33-28(34)23-12-8-9-13-24(23)29(33)35/h5-13,15-16,19,25H,3-4,14,17-18,20H2,1-2H3,(H2,31,32,36)/i16T. The monoisotopic (exact) mass is 517 g/mol. The van der Waals surface area contributed by atoms with Crippen LogP contribution >= 0.6 is 0 Å². The van der Waals surface area contributed by atoms with Crippen LogP contribution in [0.2, 0.25) is 0 Å². The number of urea groups is 1. The molecule has 2 N–H and O–H groups in total. The SMILES string of the molecule is [3H]c1cc(CNC(=O)NC(CCCC)c2ccccc2)cc(OC)c1OCCN1C(=O)c2ccccc2C1=O. The maximum absolute atomic E-state index is 12.7. The van der Waals surface area contributed by atoms with E-state index in [4.69, 9.17) is 10.8 Å². The third kappa shape index (κ3) is 6.32. The van der Waals surface area contributed by atoms with E-state index in [0.29, 0.717) is 22.4 Å². The zero-order valence-electron chi connectivity index (χ0n) is 22.7. The van der Waals surface area contributed by atoms with Gasteiger partial charge < -0.3 is 20.1 Å².